The fraction of sp³-hybridized carbons (Fsp3) is 0.500. The lowest BCUT2D eigenvalue weighted by molar-refractivity contribution is 0.245. The smallest absolute Gasteiger partial charge is 0.191 e. The van der Waals surface area contributed by atoms with E-state index in [1.807, 2.05) is 26.1 Å². The molecule has 7 heteroatoms. The lowest BCUT2D eigenvalue weighted by atomic mass is 10.1. The standard InChI is InChI=1S/C20H28ClN5S/c1-15-25-18(14-27-15)8-9-23-20(22-2)24-13-19(26-10-3-4-11-26)16-6-5-7-17(21)12-16/h5-7,12,14,19H,3-4,8-11,13H2,1-2H3,(H2,22,23,24). The van der Waals surface area contributed by atoms with Crippen LogP contribution < -0.4 is 10.6 Å². The van der Waals surface area contributed by atoms with Crippen LogP contribution in [0.2, 0.25) is 5.02 Å². The summed E-state index contributed by atoms with van der Waals surface area (Å²) in [5, 5.41) is 10.9. The highest BCUT2D eigenvalue weighted by Crippen LogP contribution is 2.26. The van der Waals surface area contributed by atoms with Gasteiger partial charge in [-0.1, -0.05) is 23.7 Å². The summed E-state index contributed by atoms with van der Waals surface area (Å²) in [7, 11) is 1.81. The molecule has 0 radical (unpaired) electrons. The van der Waals surface area contributed by atoms with Gasteiger partial charge in [-0.2, -0.15) is 0 Å². The Kier molecular flexibility index (Phi) is 7.50. The van der Waals surface area contributed by atoms with Crippen molar-refractivity contribution >= 4 is 28.9 Å². The first-order valence-electron chi connectivity index (χ1n) is 9.51. The van der Waals surface area contributed by atoms with Crippen LogP contribution in [-0.4, -0.2) is 49.1 Å². The third-order valence-corrected chi connectivity index (χ3v) is 5.90. The molecule has 1 aliphatic heterocycles. The molecular weight excluding hydrogens is 378 g/mol. The molecule has 1 atom stereocenters. The van der Waals surface area contributed by atoms with E-state index in [1.165, 1.54) is 18.4 Å². The predicted octanol–water partition coefficient (Wildman–Crippen LogP) is 3.65. The zero-order chi connectivity index (χ0) is 19.1. The van der Waals surface area contributed by atoms with Crippen LogP contribution in [0.15, 0.2) is 34.6 Å². The zero-order valence-corrected chi connectivity index (χ0v) is 17.6. The van der Waals surface area contributed by atoms with E-state index in [9.17, 15) is 0 Å². The maximum Gasteiger partial charge on any atom is 0.191 e. The first kappa shape index (κ1) is 20.1. The number of hydrogen-bond donors (Lipinski definition) is 2. The summed E-state index contributed by atoms with van der Waals surface area (Å²) in [6.45, 7) is 5.92. The molecule has 1 saturated heterocycles. The number of hydrogen-bond acceptors (Lipinski definition) is 4. The van der Waals surface area contributed by atoms with Crippen LogP contribution in [0.3, 0.4) is 0 Å². The number of halogens is 1. The number of guanidine groups is 1. The molecule has 5 nitrogen and oxygen atoms in total. The summed E-state index contributed by atoms with van der Waals surface area (Å²) >= 11 is 7.93. The van der Waals surface area contributed by atoms with Crippen molar-refractivity contribution in [3.05, 3.63) is 50.9 Å². The van der Waals surface area contributed by atoms with Crippen molar-refractivity contribution in [2.24, 2.45) is 4.99 Å². The second-order valence-electron chi connectivity index (χ2n) is 6.80. The Labute approximate surface area is 170 Å². The number of benzene rings is 1. The fourth-order valence-electron chi connectivity index (χ4n) is 3.47. The van der Waals surface area contributed by atoms with Gasteiger partial charge in [-0.25, -0.2) is 4.98 Å². The molecule has 146 valence electrons. The number of aryl methyl sites for hydroxylation is 1. The lowest BCUT2D eigenvalue weighted by Gasteiger charge is -2.29. The molecule has 2 heterocycles. The van der Waals surface area contributed by atoms with Crippen molar-refractivity contribution in [3.8, 4) is 0 Å². The number of nitrogens with zero attached hydrogens (tertiary/aromatic N) is 3. The van der Waals surface area contributed by atoms with Crippen LogP contribution in [0.25, 0.3) is 0 Å². The van der Waals surface area contributed by atoms with Crippen molar-refractivity contribution in [2.75, 3.05) is 33.2 Å². The molecule has 0 spiro atoms. The predicted molar refractivity (Wildman–Crippen MR) is 115 cm³/mol. The maximum absolute atomic E-state index is 6.23. The van der Waals surface area contributed by atoms with Crippen molar-refractivity contribution in [2.45, 2.75) is 32.2 Å². The van der Waals surface area contributed by atoms with Gasteiger partial charge in [-0.3, -0.25) is 9.89 Å². The molecule has 3 rings (SSSR count). The quantitative estimate of drug-likeness (QED) is 0.545. The number of aliphatic imine (C=N–C) groups is 1. The van der Waals surface area contributed by atoms with Gasteiger partial charge in [0, 0.05) is 37.0 Å². The molecule has 27 heavy (non-hydrogen) atoms. The van der Waals surface area contributed by atoms with E-state index >= 15 is 0 Å². The van der Waals surface area contributed by atoms with Crippen LogP contribution in [0.1, 0.15) is 35.1 Å². The maximum atomic E-state index is 6.23. The van der Waals surface area contributed by atoms with Gasteiger partial charge in [0.25, 0.3) is 0 Å². The van der Waals surface area contributed by atoms with Gasteiger partial charge in [0.15, 0.2) is 5.96 Å². The van der Waals surface area contributed by atoms with E-state index in [-0.39, 0.29) is 0 Å². The molecule has 1 aromatic heterocycles. The highest BCUT2D eigenvalue weighted by Gasteiger charge is 2.23. The van der Waals surface area contributed by atoms with E-state index in [0.717, 1.165) is 54.3 Å². The molecule has 2 aromatic rings. The average molecular weight is 406 g/mol. The van der Waals surface area contributed by atoms with Gasteiger partial charge in [0.1, 0.15) is 0 Å². The summed E-state index contributed by atoms with van der Waals surface area (Å²) in [6, 6.07) is 8.50. The van der Waals surface area contributed by atoms with Gasteiger partial charge in [-0.05, 0) is 50.6 Å². The molecule has 0 amide bonds. The van der Waals surface area contributed by atoms with E-state index < -0.39 is 0 Å². The second kappa shape index (κ2) is 10.1. The molecule has 1 aliphatic rings. The molecule has 2 N–H and O–H groups in total. The Morgan fingerprint density at radius 2 is 2.15 bits per heavy atom. The topological polar surface area (TPSA) is 52.6 Å². The number of nitrogens with one attached hydrogen (secondary N) is 2. The van der Waals surface area contributed by atoms with Crippen molar-refractivity contribution in [1.82, 2.24) is 20.5 Å². The van der Waals surface area contributed by atoms with Crippen molar-refractivity contribution in [1.29, 1.82) is 0 Å². The summed E-state index contributed by atoms with van der Waals surface area (Å²) in [4.78, 5) is 11.4. The highest BCUT2D eigenvalue weighted by atomic mass is 35.5. The normalized spacial score (nSPS) is 16.5. The summed E-state index contributed by atoms with van der Waals surface area (Å²) in [6.07, 6.45) is 3.42. The molecule has 0 aliphatic carbocycles. The number of aromatic nitrogens is 1. The Hall–Kier alpha value is -1.63. The van der Waals surface area contributed by atoms with E-state index in [4.69, 9.17) is 11.6 Å². The Morgan fingerprint density at radius 1 is 1.33 bits per heavy atom. The average Bonchev–Trinajstić information content (AvgIpc) is 3.32. The van der Waals surface area contributed by atoms with Crippen LogP contribution >= 0.6 is 22.9 Å². The number of likely N-dealkylation sites (tertiary alicyclic amines) is 1. The first-order chi connectivity index (χ1) is 13.2. The largest absolute Gasteiger partial charge is 0.356 e. The molecule has 1 fully saturated rings. The monoisotopic (exact) mass is 405 g/mol. The van der Waals surface area contributed by atoms with Gasteiger partial charge in [0.2, 0.25) is 0 Å². The van der Waals surface area contributed by atoms with E-state index in [0.29, 0.717) is 6.04 Å². The van der Waals surface area contributed by atoms with Gasteiger partial charge >= 0.3 is 0 Å². The van der Waals surface area contributed by atoms with E-state index in [2.05, 4.69) is 43.0 Å². The van der Waals surface area contributed by atoms with Crippen molar-refractivity contribution < 1.29 is 0 Å². The lowest BCUT2D eigenvalue weighted by Crippen LogP contribution is -2.43. The van der Waals surface area contributed by atoms with Crippen LogP contribution in [0.4, 0.5) is 0 Å². The van der Waals surface area contributed by atoms with Crippen LogP contribution in [-0.2, 0) is 6.42 Å². The summed E-state index contributed by atoms with van der Waals surface area (Å²) in [5.74, 6) is 0.827. The third kappa shape index (κ3) is 5.92. The molecule has 1 aromatic carbocycles. The Balaban J connectivity index is 1.56. The number of thiazole rings is 1. The molecule has 1 unspecified atom stereocenters. The molecule has 0 bridgehead atoms. The molecular formula is C20H28ClN5S. The SMILES string of the molecule is CN=C(NCCc1csc(C)n1)NCC(c1cccc(Cl)c1)N1CCCC1. The van der Waals surface area contributed by atoms with Crippen LogP contribution in [0.5, 0.6) is 0 Å². The van der Waals surface area contributed by atoms with Gasteiger partial charge < -0.3 is 10.6 Å². The van der Waals surface area contributed by atoms with Crippen LogP contribution in [0, 0.1) is 6.92 Å². The fourth-order valence-corrected chi connectivity index (χ4v) is 4.32. The van der Waals surface area contributed by atoms with Crippen molar-refractivity contribution in [3.63, 3.8) is 0 Å². The first-order valence-corrected chi connectivity index (χ1v) is 10.8. The third-order valence-electron chi connectivity index (χ3n) is 4.84. The van der Waals surface area contributed by atoms with Gasteiger partial charge in [0.05, 0.1) is 16.7 Å². The summed E-state index contributed by atoms with van der Waals surface area (Å²) < 4.78 is 0. The summed E-state index contributed by atoms with van der Waals surface area (Å²) in [5.41, 5.74) is 2.39. The highest BCUT2D eigenvalue weighted by molar-refractivity contribution is 7.09. The number of rotatable bonds is 7. The Bertz CT molecular complexity index is 754. The second-order valence-corrected chi connectivity index (χ2v) is 8.30. The minimum atomic E-state index is 0.297. The minimum absolute atomic E-state index is 0.297. The molecule has 0 saturated carbocycles. The van der Waals surface area contributed by atoms with E-state index in [1.54, 1.807) is 11.3 Å². The van der Waals surface area contributed by atoms with Gasteiger partial charge in [-0.15, -0.1) is 11.3 Å². The minimum Gasteiger partial charge on any atom is -0.356 e. The zero-order valence-electron chi connectivity index (χ0n) is 16.0. The Morgan fingerprint density at radius 3 is 2.81 bits per heavy atom.